The number of carbonyl (C=O) groups excluding carboxylic acids is 1. The SMILES string of the molecule is C.C1CC2(COC3(CCC4OC4C3)OC2)CC2OC12.C1CC2OC2C1.C1CC2OC2C1.C1CCC2OC2C1.C1CCC2OC2C1.C1CCC2OC2C1.C1CCC2OC2C1.CCCCC.CCOC(C)=O.COC. The van der Waals surface area contributed by atoms with E-state index in [2.05, 4.69) is 23.3 Å². The Labute approximate surface area is 443 Å². The van der Waals surface area contributed by atoms with Crippen molar-refractivity contribution in [2.45, 2.75) is 338 Å². The summed E-state index contributed by atoms with van der Waals surface area (Å²) in [6.45, 7) is 9.79. The van der Waals surface area contributed by atoms with Crippen LogP contribution in [0, 0.1) is 5.41 Å². The number of hydrogen-bond donors (Lipinski definition) is 0. The fraction of sp³-hybridized carbons (Fsp3) is 0.983. The lowest BCUT2D eigenvalue weighted by atomic mass is 9.74. The van der Waals surface area contributed by atoms with Gasteiger partial charge in [-0.25, -0.2) is 0 Å². The fourth-order valence-corrected chi connectivity index (χ4v) is 12.6. The van der Waals surface area contributed by atoms with E-state index >= 15 is 0 Å². The summed E-state index contributed by atoms with van der Waals surface area (Å²) < 4.78 is 63.7. The molecule has 0 amide bonds. The van der Waals surface area contributed by atoms with Gasteiger partial charge in [0.2, 0.25) is 0 Å². The van der Waals surface area contributed by atoms with E-state index in [0.717, 1.165) is 38.9 Å². The number of unbranched alkanes of at least 4 members (excludes halogenated alkanes) is 2. The Hall–Kier alpha value is -0.970. The van der Waals surface area contributed by atoms with Crippen molar-refractivity contribution in [1.82, 2.24) is 0 Å². The largest absolute Gasteiger partial charge is 0.466 e. The van der Waals surface area contributed by atoms with Crippen molar-refractivity contribution in [2.75, 3.05) is 34.0 Å². The average Bonchev–Trinajstić information content (AvgIpc) is 4.20. The first kappa shape index (κ1) is 59.7. The van der Waals surface area contributed by atoms with E-state index in [1.807, 2.05) is 0 Å². The second-order valence-corrected chi connectivity index (χ2v) is 23.9. The van der Waals surface area contributed by atoms with Crippen molar-refractivity contribution in [2.24, 2.45) is 5.41 Å². The predicted octanol–water partition coefficient (Wildman–Crippen LogP) is 12.5. The van der Waals surface area contributed by atoms with Gasteiger partial charge in [0.25, 0.3) is 0 Å². The minimum atomic E-state index is -0.315. The zero-order valence-corrected chi connectivity index (χ0v) is 46.1. The van der Waals surface area contributed by atoms with Crippen LogP contribution < -0.4 is 0 Å². The molecule has 16 unspecified atom stereocenters. The van der Waals surface area contributed by atoms with Crippen molar-refractivity contribution in [1.29, 1.82) is 0 Å². The Bertz CT molecular complexity index is 1360. The Balaban J connectivity index is 0.000000124. The van der Waals surface area contributed by atoms with Crippen molar-refractivity contribution < 1.29 is 61.6 Å². The van der Waals surface area contributed by atoms with Crippen LogP contribution in [0.15, 0.2) is 0 Å². The molecule has 0 N–H and O–H groups in total. The van der Waals surface area contributed by atoms with Gasteiger partial charge in [-0.15, -0.1) is 0 Å². The molecule has 13 heteroatoms. The lowest BCUT2D eigenvalue weighted by Crippen LogP contribution is -2.52. The summed E-state index contributed by atoms with van der Waals surface area (Å²) in [5, 5.41) is 0. The second kappa shape index (κ2) is 29.8. The third-order valence-corrected chi connectivity index (χ3v) is 17.6. The van der Waals surface area contributed by atoms with Gasteiger partial charge in [-0.3, -0.25) is 4.79 Å². The number of esters is 1. The summed E-state index contributed by atoms with van der Waals surface area (Å²) in [7, 11) is 3.25. The molecule has 8 aliphatic carbocycles. The molecule has 0 bridgehead atoms. The van der Waals surface area contributed by atoms with Crippen LogP contribution in [-0.2, 0) is 61.6 Å². The van der Waals surface area contributed by atoms with E-state index in [4.69, 9.17) is 47.4 Å². The van der Waals surface area contributed by atoms with Crippen molar-refractivity contribution in [3.63, 3.8) is 0 Å². The van der Waals surface area contributed by atoms with Crippen LogP contribution in [0.3, 0.4) is 0 Å². The van der Waals surface area contributed by atoms with Crippen LogP contribution >= 0.6 is 0 Å². The lowest BCUT2D eigenvalue weighted by molar-refractivity contribution is -0.316. The van der Waals surface area contributed by atoms with Crippen LogP contribution in [0.1, 0.15) is 234 Å². The normalized spacial score (nSPS) is 43.5. The minimum absolute atomic E-state index is 0. The molecule has 13 nitrogen and oxygen atoms in total. The first-order valence-electron chi connectivity index (χ1n) is 30.2. The molecule has 2 spiro atoms. The molecular formula is C60H106O13. The predicted molar refractivity (Wildman–Crippen MR) is 283 cm³/mol. The van der Waals surface area contributed by atoms with Gasteiger partial charge in [0.15, 0.2) is 5.79 Å². The van der Waals surface area contributed by atoms with Gasteiger partial charge < -0.3 is 56.8 Å². The van der Waals surface area contributed by atoms with Gasteiger partial charge in [0, 0.05) is 39.4 Å². The highest BCUT2D eigenvalue weighted by molar-refractivity contribution is 5.65. The minimum Gasteiger partial charge on any atom is -0.466 e. The molecule has 424 valence electrons. The van der Waals surface area contributed by atoms with Gasteiger partial charge in [0.05, 0.1) is 117 Å². The van der Waals surface area contributed by atoms with E-state index in [1.54, 1.807) is 21.1 Å². The molecule has 8 saturated carbocycles. The van der Waals surface area contributed by atoms with Crippen LogP contribution in [-0.4, -0.2) is 143 Å². The molecule has 0 aromatic heterocycles. The molecule has 17 aliphatic rings. The van der Waals surface area contributed by atoms with Crippen molar-refractivity contribution in [3.05, 3.63) is 0 Å². The Morgan fingerprint density at radius 3 is 0.904 bits per heavy atom. The number of epoxide rings is 8. The highest BCUT2D eigenvalue weighted by atomic mass is 16.7. The monoisotopic (exact) mass is 1030 g/mol. The number of fused-ring (bicyclic) bond motifs is 8. The first-order valence-corrected chi connectivity index (χ1v) is 30.2. The maximum atomic E-state index is 9.82. The highest BCUT2D eigenvalue weighted by Crippen LogP contribution is 2.53. The Kier molecular flexibility index (Phi) is 24.4. The number of hydrogen-bond acceptors (Lipinski definition) is 13. The molecular weight excluding hydrogens is 929 g/mol. The van der Waals surface area contributed by atoms with E-state index in [0.29, 0.717) is 104 Å². The molecule has 0 aromatic rings. The van der Waals surface area contributed by atoms with Crippen molar-refractivity contribution >= 4 is 5.97 Å². The number of rotatable bonds is 3. The molecule has 9 saturated heterocycles. The topological polar surface area (TPSA) is 154 Å². The van der Waals surface area contributed by atoms with Gasteiger partial charge in [-0.2, -0.15) is 0 Å². The molecule has 0 radical (unpaired) electrons. The van der Waals surface area contributed by atoms with Crippen LogP contribution in [0.25, 0.3) is 0 Å². The standard InChI is InChI=1S/C14H20O4.4C6H10O.2C5H8O.C5H12.C4H8O2.C2H6O.CH4/c1-3-13(5-11-9(1)17-11)7-15-14(16-8-13)4-2-10-12(6-14)18-10;4*1-2-4-6-5(3-1)7-6;2*1-2-4-5(3-1)6-4;1-3-5-4-2;1-3-6-4(2)5;1-3-2;/h9-12H,1-8H2;4*5-6H,1-4H2;2*4-5H,1-3H2;3-5H2,1-2H3;3H2,1-2H3;1-2H3;1H4. The third-order valence-electron chi connectivity index (χ3n) is 17.6. The molecule has 17 fully saturated rings. The second-order valence-electron chi connectivity index (χ2n) is 23.9. The molecule has 16 atom stereocenters. The van der Waals surface area contributed by atoms with Crippen LogP contribution in [0.4, 0.5) is 0 Å². The van der Waals surface area contributed by atoms with Crippen molar-refractivity contribution in [3.8, 4) is 0 Å². The maximum Gasteiger partial charge on any atom is 0.302 e. The third kappa shape index (κ3) is 20.6. The lowest BCUT2D eigenvalue weighted by Gasteiger charge is -2.48. The van der Waals surface area contributed by atoms with Crippen LogP contribution in [0.2, 0.25) is 0 Å². The Morgan fingerprint density at radius 2 is 0.685 bits per heavy atom. The zero-order chi connectivity index (χ0) is 50.3. The van der Waals surface area contributed by atoms with E-state index < -0.39 is 0 Å². The van der Waals surface area contributed by atoms with E-state index in [9.17, 15) is 4.79 Å². The van der Waals surface area contributed by atoms with Gasteiger partial charge in [-0.1, -0.05) is 91.9 Å². The summed E-state index contributed by atoms with van der Waals surface area (Å²) in [4.78, 5) is 9.82. The number of methoxy groups -OCH3 is 1. The quantitative estimate of drug-likeness (QED) is 0.195. The zero-order valence-electron chi connectivity index (χ0n) is 46.1. The maximum absolute atomic E-state index is 9.82. The average molecular weight is 1040 g/mol. The summed E-state index contributed by atoms with van der Waals surface area (Å²) >= 11 is 0. The van der Waals surface area contributed by atoms with E-state index in [-0.39, 0.29) is 24.6 Å². The van der Waals surface area contributed by atoms with Gasteiger partial charge >= 0.3 is 5.97 Å². The summed E-state index contributed by atoms with van der Waals surface area (Å²) in [5.41, 5.74) is 0.240. The molecule has 9 aliphatic heterocycles. The summed E-state index contributed by atoms with van der Waals surface area (Å²) in [6.07, 6.45) is 51.2. The molecule has 17 rings (SSSR count). The Morgan fingerprint density at radius 1 is 0.411 bits per heavy atom. The first-order chi connectivity index (χ1) is 35.2. The van der Waals surface area contributed by atoms with Crippen LogP contribution in [0.5, 0.6) is 0 Å². The highest BCUT2D eigenvalue weighted by Gasteiger charge is 2.58. The number of ether oxygens (including phenoxy) is 12. The molecule has 9 heterocycles. The molecule has 73 heavy (non-hydrogen) atoms. The summed E-state index contributed by atoms with van der Waals surface area (Å²) in [5.74, 6) is -0.526. The smallest absolute Gasteiger partial charge is 0.302 e. The van der Waals surface area contributed by atoms with E-state index in [1.165, 1.54) is 180 Å². The number of carbonyl (C=O) groups is 1. The molecule has 0 aromatic carbocycles. The van der Waals surface area contributed by atoms with Gasteiger partial charge in [-0.05, 0) is 122 Å². The summed E-state index contributed by atoms with van der Waals surface area (Å²) in [6, 6.07) is 0. The van der Waals surface area contributed by atoms with Gasteiger partial charge in [0.1, 0.15) is 0 Å². The fourth-order valence-electron chi connectivity index (χ4n) is 12.6.